The average molecular weight is 535 g/mol. The molecule has 0 radical (unpaired) electrons. The Morgan fingerprint density at radius 2 is 0.683 bits per heavy atom. The van der Waals surface area contributed by atoms with Crippen molar-refractivity contribution >= 4 is 0 Å². The number of pyridine rings is 4. The van der Waals surface area contributed by atoms with E-state index in [0.717, 1.165) is 26.2 Å². The smallest absolute Gasteiger partial charge is 0.174 e. The number of aryl methyl sites for hydroxylation is 1. The minimum Gasteiger partial charge on any atom is -0.201 e. The third-order valence-electron chi connectivity index (χ3n) is 8.11. The quantitative estimate of drug-likeness (QED) is 0.244. The molecule has 0 spiro atoms. The van der Waals surface area contributed by atoms with E-state index in [4.69, 9.17) is 0 Å². The van der Waals surface area contributed by atoms with Crippen molar-refractivity contribution in [1.29, 1.82) is 0 Å². The summed E-state index contributed by atoms with van der Waals surface area (Å²) in [6.45, 7) is 5.64. The Balaban J connectivity index is 1.21. The Morgan fingerprint density at radius 3 is 1.05 bits per heavy atom. The van der Waals surface area contributed by atoms with Gasteiger partial charge in [0.15, 0.2) is 75.8 Å². The van der Waals surface area contributed by atoms with Crippen LogP contribution in [0.4, 0.5) is 0 Å². The van der Waals surface area contributed by atoms with Gasteiger partial charge in [-0.1, -0.05) is 36.4 Å². The molecule has 0 amide bonds. The molecular weight excluding hydrogens is 500 g/mol. The highest BCUT2D eigenvalue weighted by molar-refractivity contribution is 5.61. The number of aromatic nitrogens is 4. The summed E-state index contributed by atoms with van der Waals surface area (Å²) in [6.07, 6.45) is 17.4. The Morgan fingerprint density at radius 1 is 0.366 bits per heavy atom. The predicted molar refractivity (Wildman–Crippen MR) is 159 cm³/mol. The first-order valence-corrected chi connectivity index (χ1v) is 14.3. The van der Waals surface area contributed by atoms with Crippen LogP contribution in [0.5, 0.6) is 0 Å². The van der Waals surface area contributed by atoms with Crippen LogP contribution in [0.2, 0.25) is 0 Å². The molecule has 12 bridgehead atoms. The van der Waals surface area contributed by atoms with E-state index in [1.165, 1.54) is 50.1 Å². The van der Waals surface area contributed by atoms with Crippen LogP contribution >= 0.6 is 0 Å². The van der Waals surface area contributed by atoms with E-state index in [0.29, 0.717) is 0 Å². The SMILES string of the molecule is Cc1cc2ccc1C[n+]1ccc(cc1)-c1cc[n+](cc1)Cc1ccc(cc1)C[n+]1ccc(cc1)-c1cc[n+](cc1)C2. The Hall–Kier alpha value is -4.96. The van der Waals surface area contributed by atoms with Gasteiger partial charge in [0.25, 0.3) is 0 Å². The molecule has 41 heavy (non-hydrogen) atoms. The molecule has 4 heteroatoms. The summed E-state index contributed by atoms with van der Waals surface area (Å²) >= 11 is 0. The van der Waals surface area contributed by atoms with Crippen molar-refractivity contribution in [1.82, 2.24) is 0 Å². The second-order valence-electron chi connectivity index (χ2n) is 11.1. The summed E-state index contributed by atoms with van der Waals surface area (Å²) in [6, 6.07) is 33.5. The molecule has 2 aromatic carbocycles. The van der Waals surface area contributed by atoms with Crippen molar-refractivity contribution in [3.05, 3.63) is 168 Å². The van der Waals surface area contributed by atoms with Crippen LogP contribution in [-0.2, 0) is 26.2 Å². The van der Waals surface area contributed by atoms with Crippen molar-refractivity contribution in [2.75, 3.05) is 0 Å². The first-order valence-electron chi connectivity index (χ1n) is 14.3. The van der Waals surface area contributed by atoms with Crippen LogP contribution in [-0.4, -0.2) is 0 Å². The monoisotopic (exact) mass is 534 g/mol. The molecule has 0 fully saturated rings. The molecular formula is C37H34N4+4. The molecule has 0 unspecified atom stereocenters. The number of hydrogen-bond acceptors (Lipinski definition) is 0. The molecule has 16 aliphatic heterocycles. The largest absolute Gasteiger partial charge is 0.201 e. The standard InChI is InChI=1S/C37H34N4/c1-29-24-32-6-7-37(29)28-41-22-14-36(15-23-41)34-10-18-39(19-11-34)26-31-4-2-30(3-5-31)25-38-16-8-33(9-17-38)35-12-20-40(27-32)21-13-35/h2-24H,25-28H2,1H3/q+4. The highest BCUT2D eigenvalue weighted by atomic mass is 14.9. The van der Waals surface area contributed by atoms with Crippen molar-refractivity contribution < 1.29 is 18.3 Å². The second kappa shape index (κ2) is 10.9. The lowest BCUT2D eigenvalue weighted by Crippen LogP contribution is -2.34. The van der Waals surface area contributed by atoms with Gasteiger partial charge in [-0.15, -0.1) is 0 Å². The zero-order chi connectivity index (χ0) is 27.6. The van der Waals surface area contributed by atoms with Crippen molar-refractivity contribution in [2.24, 2.45) is 0 Å². The first-order chi connectivity index (χ1) is 20.1. The van der Waals surface area contributed by atoms with Crippen LogP contribution in [0, 0.1) is 6.92 Å². The normalized spacial score (nSPS) is 12.6. The van der Waals surface area contributed by atoms with E-state index in [-0.39, 0.29) is 0 Å². The molecule has 6 aromatic rings. The number of nitrogens with zero attached hydrogens (tertiary/aromatic N) is 4. The summed E-state index contributed by atoms with van der Waals surface area (Å²) in [4.78, 5) is 0. The van der Waals surface area contributed by atoms with Crippen molar-refractivity contribution in [3.63, 3.8) is 0 Å². The van der Waals surface area contributed by atoms with Gasteiger partial charge in [-0.25, -0.2) is 18.3 Å². The van der Waals surface area contributed by atoms with E-state index in [1.54, 1.807) is 0 Å². The fraction of sp³-hybridized carbons (Fsp3) is 0.135. The Labute approximate surface area is 241 Å². The molecule has 22 rings (SSSR count). The maximum absolute atomic E-state index is 2.32. The summed E-state index contributed by atoms with van der Waals surface area (Å²) < 4.78 is 8.98. The van der Waals surface area contributed by atoms with Crippen LogP contribution in [0.3, 0.4) is 0 Å². The third kappa shape index (κ3) is 5.68. The highest BCUT2D eigenvalue weighted by Gasteiger charge is 2.12. The fourth-order valence-corrected chi connectivity index (χ4v) is 5.63. The van der Waals surface area contributed by atoms with Crippen LogP contribution < -0.4 is 18.3 Å². The molecule has 20 heterocycles. The zero-order valence-electron chi connectivity index (χ0n) is 23.4. The van der Waals surface area contributed by atoms with Gasteiger partial charge < -0.3 is 0 Å². The van der Waals surface area contributed by atoms with E-state index < -0.39 is 0 Å². The molecule has 198 valence electrons. The summed E-state index contributed by atoms with van der Waals surface area (Å²) in [5.41, 5.74) is 11.5. The third-order valence-corrected chi connectivity index (χ3v) is 8.11. The second-order valence-corrected chi connectivity index (χ2v) is 11.1. The van der Waals surface area contributed by atoms with Crippen LogP contribution in [0.15, 0.2) is 141 Å². The van der Waals surface area contributed by atoms with Gasteiger partial charge in [0.1, 0.15) is 0 Å². The van der Waals surface area contributed by atoms with Gasteiger partial charge in [-0.3, -0.25) is 0 Å². The van der Waals surface area contributed by atoms with Gasteiger partial charge in [0.2, 0.25) is 0 Å². The molecule has 16 aliphatic rings. The number of benzene rings is 2. The van der Waals surface area contributed by atoms with Gasteiger partial charge in [0.05, 0.1) is 0 Å². The predicted octanol–water partition coefficient (Wildman–Crippen LogP) is 4.99. The molecule has 0 atom stereocenters. The Bertz CT molecular complexity index is 1790. The van der Waals surface area contributed by atoms with Gasteiger partial charge in [-0.2, -0.15) is 0 Å². The molecule has 0 saturated heterocycles. The van der Waals surface area contributed by atoms with E-state index in [9.17, 15) is 0 Å². The maximum atomic E-state index is 2.32. The minimum absolute atomic E-state index is 0.854. The lowest BCUT2D eigenvalue weighted by Gasteiger charge is -2.07. The van der Waals surface area contributed by atoms with Gasteiger partial charge in [-0.05, 0) is 40.8 Å². The van der Waals surface area contributed by atoms with Crippen molar-refractivity contribution in [2.45, 2.75) is 33.1 Å². The van der Waals surface area contributed by atoms with Gasteiger partial charge >= 0.3 is 0 Å². The molecule has 0 N–H and O–H groups in total. The lowest BCUT2D eigenvalue weighted by atomic mass is 10.0. The average Bonchev–Trinajstić information content (AvgIpc) is 3.01. The Kier molecular flexibility index (Phi) is 6.65. The van der Waals surface area contributed by atoms with Crippen LogP contribution in [0.25, 0.3) is 22.3 Å². The molecule has 4 aromatic heterocycles. The molecule has 0 saturated carbocycles. The van der Waals surface area contributed by atoms with E-state index in [1.807, 2.05) is 0 Å². The summed E-state index contributed by atoms with van der Waals surface area (Å²) in [5, 5.41) is 0. The zero-order valence-corrected chi connectivity index (χ0v) is 23.4. The highest BCUT2D eigenvalue weighted by Crippen LogP contribution is 2.18. The fourth-order valence-electron chi connectivity index (χ4n) is 5.63. The van der Waals surface area contributed by atoms with Crippen molar-refractivity contribution in [3.8, 4) is 22.3 Å². The maximum Gasteiger partial charge on any atom is 0.174 e. The summed E-state index contributed by atoms with van der Waals surface area (Å²) in [7, 11) is 0. The first kappa shape index (κ1) is 25.0. The minimum atomic E-state index is 0.854. The van der Waals surface area contributed by atoms with E-state index >= 15 is 0 Å². The van der Waals surface area contributed by atoms with Crippen LogP contribution in [0.1, 0.15) is 27.8 Å². The summed E-state index contributed by atoms with van der Waals surface area (Å²) in [5.74, 6) is 0. The number of rotatable bonds is 0. The lowest BCUT2D eigenvalue weighted by molar-refractivity contribution is -0.689. The molecule has 0 aliphatic carbocycles. The van der Waals surface area contributed by atoms with E-state index in [2.05, 4.69) is 166 Å². The number of hydrogen-bond donors (Lipinski definition) is 0. The van der Waals surface area contributed by atoms with Gasteiger partial charge in [0, 0.05) is 70.8 Å². The molecule has 4 nitrogen and oxygen atoms in total. The topological polar surface area (TPSA) is 15.5 Å².